The summed E-state index contributed by atoms with van der Waals surface area (Å²) >= 11 is 0. The van der Waals surface area contributed by atoms with Crippen LogP contribution in [0.25, 0.3) is 0 Å². The van der Waals surface area contributed by atoms with E-state index in [0.29, 0.717) is 23.5 Å². The molecule has 2 aromatic rings. The van der Waals surface area contributed by atoms with Gasteiger partial charge in [-0.2, -0.15) is 18.2 Å². The molecule has 45 heavy (non-hydrogen) atoms. The number of carbonyl (C=O) groups is 1. The van der Waals surface area contributed by atoms with Crippen LogP contribution in [0.1, 0.15) is 105 Å². The second-order valence-corrected chi connectivity index (χ2v) is 15.4. The minimum absolute atomic E-state index is 0.0488. The summed E-state index contributed by atoms with van der Waals surface area (Å²) in [7, 11) is -0.678. The van der Waals surface area contributed by atoms with Crippen LogP contribution in [0.5, 0.6) is 0 Å². The maximum atomic E-state index is 14.5. The van der Waals surface area contributed by atoms with Crippen LogP contribution in [0.3, 0.4) is 0 Å². The SMILES string of the molecule is CC(C)(F)c1nc([C@]23CC[C@](CN(C(=O)C4CC(O)(C(F)(F)F)C4)c4cccc(B5OC(C)(C)C(C)(C)O5)c4)(CC2)CC3)no1. The second kappa shape index (κ2) is 10.2. The highest BCUT2D eigenvalue weighted by Gasteiger charge is 2.63. The Kier molecular flexibility index (Phi) is 7.39. The minimum Gasteiger partial charge on any atom is -0.399 e. The largest absolute Gasteiger partial charge is 0.494 e. The summed E-state index contributed by atoms with van der Waals surface area (Å²) in [6.07, 6.45) is -1.71. The van der Waals surface area contributed by atoms with Crippen molar-refractivity contribution < 1.29 is 41.3 Å². The number of halogens is 4. The van der Waals surface area contributed by atoms with Gasteiger partial charge in [0.2, 0.25) is 5.91 Å². The monoisotopic (exact) mass is 635 g/mol. The third-order valence-electron chi connectivity index (χ3n) is 11.3. The molecule has 2 heterocycles. The van der Waals surface area contributed by atoms with E-state index in [1.54, 1.807) is 17.0 Å². The fourth-order valence-electron chi connectivity index (χ4n) is 7.35. The van der Waals surface area contributed by atoms with Crippen LogP contribution in [0.2, 0.25) is 0 Å². The molecule has 1 aliphatic heterocycles. The van der Waals surface area contributed by atoms with E-state index in [1.165, 1.54) is 13.8 Å². The van der Waals surface area contributed by atoms with Crippen molar-refractivity contribution in [1.29, 1.82) is 0 Å². The van der Waals surface area contributed by atoms with Crippen LogP contribution in [-0.2, 0) is 25.2 Å². The van der Waals surface area contributed by atoms with Gasteiger partial charge in [-0.3, -0.25) is 4.79 Å². The molecule has 8 nitrogen and oxygen atoms in total. The van der Waals surface area contributed by atoms with E-state index in [2.05, 4.69) is 10.1 Å². The van der Waals surface area contributed by atoms with Crippen molar-refractivity contribution >= 4 is 24.2 Å². The van der Waals surface area contributed by atoms with Crippen LogP contribution < -0.4 is 10.4 Å². The number of anilines is 1. The number of aromatic nitrogens is 2. The quantitative estimate of drug-likeness (QED) is 0.299. The highest BCUT2D eigenvalue weighted by molar-refractivity contribution is 6.62. The first-order valence-corrected chi connectivity index (χ1v) is 15.8. The molecule has 0 spiro atoms. The standard InChI is InChI=1S/C32H42BF4N3O5/c1-26(2,34)25-38-24(39-43-25)30-13-10-29(11-14-30,12-15-30)19-40(23(41)20-17-31(42,18-20)32(35,36)37)22-9-7-8-21(16-22)33-44-27(3,4)28(5,6)45-33/h7-9,16,20,42H,10-15,17-19H2,1-6H3/t20?,29-,30+,31?. The number of aliphatic hydroxyl groups is 1. The highest BCUT2D eigenvalue weighted by atomic mass is 19.4. The van der Waals surface area contributed by atoms with Gasteiger partial charge in [0.15, 0.2) is 17.1 Å². The molecule has 4 saturated carbocycles. The van der Waals surface area contributed by atoms with E-state index in [9.17, 15) is 27.5 Å². The highest BCUT2D eigenvalue weighted by Crippen LogP contribution is 2.58. The normalized spacial score (nSPS) is 32.4. The van der Waals surface area contributed by atoms with E-state index in [4.69, 9.17) is 13.8 Å². The maximum Gasteiger partial charge on any atom is 0.494 e. The lowest BCUT2D eigenvalue weighted by molar-refractivity contribution is -0.295. The number of amides is 1. The zero-order chi connectivity index (χ0) is 32.8. The van der Waals surface area contributed by atoms with Gasteiger partial charge in [0.05, 0.1) is 11.2 Å². The zero-order valence-corrected chi connectivity index (χ0v) is 26.8. The van der Waals surface area contributed by atoms with Gasteiger partial charge in [-0.15, -0.1) is 0 Å². The van der Waals surface area contributed by atoms with E-state index in [0.717, 1.165) is 38.5 Å². The predicted molar refractivity (Wildman–Crippen MR) is 158 cm³/mol. The summed E-state index contributed by atoms with van der Waals surface area (Å²) in [4.78, 5) is 20.1. The first-order valence-electron chi connectivity index (χ1n) is 15.8. The van der Waals surface area contributed by atoms with Gasteiger partial charge in [-0.25, -0.2) is 4.39 Å². The molecule has 0 atom stereocenters. The Hall–Kier alpha value is -2.51. The molecule has 5 fully saturated rings. The Morgan fingerprint density at radius 3 is 2.09 bits per heavy atom. The first-order chi connectivity index (χ1) is 20.7. The fraction of sp³-hybridized carbons (Fsp3) is 0.719. The molecule has 7 rings (SSSR count). The molecule has 5 aliphatic rings. The summed E-state index contributed by atoms with van der Waals surface area (Å²) in [6, 6.07) is 7.26. The topological polar surface area (TPSA) is 97.9 Å². The average Bonchev–Trinajstić information content (AvgIpc) is 3.53. The van der Waals surface area contributed by atoms with Crippen LogP contribution in [0.4, 0.5) is 23.2 Å². The number of rotatable bonds is 7. The number of carbonyl (C=O) groups excluding carboxylic acids is 1. The molecule has 1 aromatic heterocycles. The number of hydrogen-bond donors (Lipinski definition) is 1. The average molecular weight is 636 g/mol. The van der Waals surface area contributed by atoms with Crippen molar-refractivity contribution in [3.8, 4) is 0 Å². The van der Waals surface area contributed by atoms with Crippen molar-refractivity contribution in [3.63, 3.8) is 0 Å². The van der Waals surface area contributed by atoms with E-state index in [1.807, 2.05) is 39.8 Å². The molecule has 0 radical (unpaired) electrons. The summed E-state index contributed by atoms with van der Waals surface area (Å²) in [5, 5.41) is 14.3. The number of hydrogen-bond acceptors (Lipinski definition) is 7. The Bertz CT molecular complexity index is 1420. The Morgan fingerprint density at radius 1 is 1.00 bits per heavy atom. The summed E-state index contributed by atoms with van der Waals surface area (Å²) in [5.41, 5.74) is -5.10. The first kappa shape index (κ1) is 32.4. The van der Waals surface area contributed by atoms with Gasteiger partial charge in [0, 0.05) is 23.6 Å². The van der Waals surface area contributed by atoms with Gasteiger partial charge < -0.3 is 23.8 Å². The molecule has 13 heteroatoms. The van der Waals surface area contributed by atoms with Crippen molar-refractivity contribution in [2.24, 2.45) is 11.3 Å². The minimum atomic E-state index is -4.80. The van der Waals surface area contributed by atoms with Crippen molar-refractivity contribution in [2.45, 2.75) is 127 Å². The van der Waals surface area contributed by atoms with Crippen LogP contribution in [0.15, 0.2) is 28.8 Å². The van der Waals surface area contributed by atoms with Crippen LogP contribution >= 0.6 is 0 Å². The van der Waals surface area contributed by atoms with E-state index >= 15 is 0 Å². The van der Waals surface area contributed by atoms with Crippen LogP contribution in [0, 0.1) is 11.3 Å². The van der Waals surface area contributed by atoms with Gasteiger partial charge in [0.25, 0.3) is 5.89 Å². The maximum absolute atomic E-state index is 14.5. The zero-order valence-electron chi connectivity index (χ0n) is 26.8. The number of fused-ring (bicyclic) bond motifs is 3. The lowest BCUT2D eigenvalue weighted by Gasteiger charge is -2.54. The summed E-state index contributed by atoms with van der Waals surface area (Å²) in [6.45, 7) is 10.9. The van der Waals surface area contributed by atoms with Gasteiger partial charge in [0.1, 0.15) is 0 Å². The number of benzene rings is 1. The molecule has 0 unspecified atom stereocenters. The Labute approximate surface area is 261 Å². The third kappa shape index (κ3) is 5.50. The Balaban J connectivity index is 1.26. The summed E-state index contributed by atoms with van der Waals surface area (Å²) in [5.74, 6) is -0.922. The predicted octanol–water partition coefficient (Wildman–Crippen LogP) is 5.90. The second-order valence-electron chi connectivity index (χ2n) is 15.4. The molecule has 4 aliphatic carbocycles. The fourth-order valence-corrected chi connectivity index (χ4v) is 7.35. The molecule has 1 amide bonds. The van der Waals surface area contributed by atoms with Crippen molar-refractivity contribution in [3.05, 3.63) is 36.0 Å². The molecule has 1 N–H and O–H groups in total. The lowest BCUT2D eigenvalue weighted by atomic mass is 9.53. The third-order valence-corrected chi connectivity index (χ3v) is 11.3. The smallest absolute Gasteiger partial charge is 0.399 e. The Morgan fingerprint density at radius 2 is 1.58 bits per heavy atom. The summed E-state index contributed by atoms with van der Waals surface area (Å²) < 4.78 is 72.7. The van der Waals surface area contributed by atoms with Crippen molar-refractivity contribution in [2.75, 3.05) is 11.4 Å². The van der Waals surface area contributed by atoms with Gasteiger partial charge in [-0.05, 0) is 116 Å². The number of nitrogens with zero attached hydrogens (tertiary/aromatic N) is 3. The molecule has 1 aromatic carbocycles. The molecular weight excluding hydrogens is 593 g/mol. The van der Waals surface area contributed by atoms with Gasteiger partial charge >= 0.3 is 13.3 Å². The molecule has 246 valence electrons. The molecular formula is C32H42BF4N3O5. The molecule has 1 saturated heterocycles. The number of alkyl halides is 4. The van der Waals surface area contributed by atoms with Gasteiger partial charge in [-0.1, -0.05) is 17.3 Å². The van der Waals surface area contributed by atoms with E-state index < -0.39 is 60.4 Å². The van der Waals surface area contributed by atoms with Crippen molar-refractivity contribution in [1.82, 2.24) is 10.1 Å². The molecule has 2 bridgehead atoms. The lowest BCUT2D eigenvalue weighted by Crippen LogP contribution is -2.60. The van der Waals surface area contributed by atoms with Crippen LogP contribution in [-0.4, -0.2) is 57.8 Å². The van der Waals surface area contributed by atoms with E-state index in [-0.39, 0.29) is 16.7 Å².